The number of carbonyl (C=O) groups excluding carboxylic acids is 1. The lowest BCUT2D eigenvalue weighted by Gasteiger charge is -2.27. The molecule has 88 valence electrons. The fraction of sp³-hybridized carbons (Fsp3) is 0.900. The first-order chi connectivity index (χ1) is 7.19. The van der Waals surface area contributed by atoms with Gasteiger partial charge in [0.25, 0.3) is 0 Å². The first kappa shape index (κ1) is 12.4. The number of hydrogen-bond donors (Lipinski definition) is 2. The lowest BCUT2D eigenvalue weighted by molar-refractivity contribution is -0.125. The van der Waals surface area contributed by atoms with Gasteiger partial charge in [0.15, 0.2) is 0 Å². The number of methoxy groups -OCH3 is 1. The number of amides is 1. The van der Waals surface area contributed by atoms with Crippen LogP contribution in [0.25, 0.3) is 0 Å². The lowest BCUT2D eigenvalue weighted by atomic mass is 10.1. The van der Waals surface area contributed by atoms with E-state index in [0.717, 1.165) is 19.6 Å². The molecule has 1 saturated heterocycles. The minimum absolute atomic E-state index is 0.0398. The summed E-state index contributed by atoms with van der Waals surface area (Å²) in [6.07, 6.45) is 0. The second-order valence-electron chi connectivity index (χ2n) is 4.09. The van der Waals surface area contributed by atoms with Crippen LogP contribution >= 0.6 is 0 Å². The van der Waals surface area contributed by atoms with Crippen molar-refractivity contribution in [2.45, 2.75) is 13.0 Å². The van der Waals surface area contributed by atoms with Gasteiger partial charge in [-0.1, -0.05) is 6.92 Å². The molecular formula is C10H21N3O2. The number of nitrogens with zero attached hydrogens (tertiary/aromatic N) is 1. The summed E-state index contributed by atoms with van der Waals surface area (Å²) >= 11 is 0. The summed E-state index contributed by atoms with van der Waals surface area (Å²) < 4.78 is 5.03. The molecular weight excluding hydrogens is 194 g/mol. The largest absolute Gasteiger partial charge is 0.383 e. The SMILES string of the molecule is COCCN1CC(C)CNC(=O)C1CN. The molecule has 1 rings (SSSR count). The Balaban J connectivity index is 2.62. The Kier molecular flexibility index (Phi) is 5.01. The molecule has 0 saturated carbocycles. The molecule has 1 aliphatic rings. The van der Waals surface area contributed by atoms with Gasteiger partial charge < -0.3 is 15.8 Å². The van der Waals surface area contributed by atoms with E-state index in [1.807, 2.05) is 0 Å². The molecule has 5 nitrogen and oxygen atoms in total. The molecule has 1 aliphatic heterocycles. The molecule has 2 atom stereocenters. The Morgan fingerprint density at radius 3 is 3.00 bits per heavy atom. The Hall–Kier alpha value is -0.650. The van der Waals surface area contributed by atoms with Gasteiger partial charge in [0.2, 0.25) is 5.91 Å². The average Bonchev–Trinajstić information content (AvgIpc) is 2.35. The Morgan fingerprint density at radius 1 is 1.67 bits per heavy atom. The zero-order chi connectivity index (χ0) is 11.3. The van der Waals surface area contributed by atoms with E-state index in [2.05, 4.69) is 17.1 Å². The van der Waals surface area contributed by atoms with Crippen molar-refractivity contribution in [3.05, 3.63) is 0 Å². The van der Waals surface area contributed by atoms with E-state index in [9.17, 15) is 4.79 Å². The van der Waals surface area contributed by atoms with Crippen LogP contribution in [0.5, 0.6) is 0 Å². The fourth-order valence-corrected chi connectivity index (χ4v) is 1.86. The molecule has 15 heavy (non-hydrogen) atoms. The van der Waals surface area contributed by atoms with Crippen LogP contribution in [0, 0.1) is 5.92 Å². The molecule has 1 fully saturated rings. The molecule has 0 spiro atoms. The van der Waals surface area contributed by atoms with Gasteiger partial charge in [-0.2, -0.15) is 0 Å². The number of nitrogens with two attached hydrogens (primary N) is 1. The second-order valence-corrected chi connectivity index (χ2v) is 4.09. The van der Waals surface area contributed by atoms with E-state index < -0.39 is 0 Å². The molecule has 5 heteroatoms. The van der Waals surface area contributed by atoms with Gasteiger partial charge in [0.05, 0.1) is 6.61 Å². The van der Waals surface area contributed by atoms with Crippen molar-refractivity contribution in [1.29, 1.82) is 0 Å². The van der Waals surface area contributed by atoms with Gasteiger partial charge >= 0.3 is 0 Å². The average molecular weight is 215 g/mol. The molecule has 0 aliphatic carbocycles. The highest BCUT2D eigenvalue weighted by atomic mass is 16.5. The highest BCUT2D eigenvalue weighted by Gasteiger charge is 2.28. The van der Waals surface area contributed by atoms with Gasteiger partial charge in [-0.25, -0.2) is 0 Å². The topological polar surface area (TPSA) is 67.6 Å². The van der Waals surface area contributed by atoms with E-state index in [1.165, 1.54) is 0 Å². The zero-order valence-corrected chi connectivity index (χ0v) is 9.53. The Labute approximate surface area is 90.9 Å². The summed E-state index contributed by atoms with van der Waals surface area (Å²) in [6.45, 7) is 5.51. The van der Waals surface area contributed by atoms with E-state index in [4.69, 9.17) is 10.5 Å². The molecule has 1 amide bonds. The molecule has 2 unspecified atom stereocenters. The number of rotatable bonds is 4. The van der Waals surface area contributed by atoms with Crippen LogP contribution in [0.3, 0.4) is 0 Å². The third-order valence-corrected chi connectivity index (χ3v) is 2.72. The summed E-state index contributed by atoms with van der Waals surface area (Å²) in [6, 6.07) is -0.204. The summed E-state index contributed by atoms with van der Waals surface area (Å²) in [5.74, 6) is 0.500. The highest BCUT2D eigenvalue weighted by Crippen LogP contribution is 2.08. The third-order valence-electron chi connectivity index (χ3n) is 2.72. The zero-order valence-electron chi connectivity index (χ0n) is 9.53. The van der Waals surface area contributed by atoms with Gasteiger partial charge in [-0.3, -0.25) is 9.69 Å². The molecule has 0 aromatic heterocycles. The van der Waals surface area contributed by atoms with E-state index in [-0.39, 0.29) is 11.9 Å². The van der Waals surface area contributed by atoms with Gasteiger partial charge in [0.1, 0.15) is 6.04 Å². The number of ether oxygens (including phenoxy) is 1. The predicted molar refractivity (Wildman–Crippen MR) is 58.5 cm³/mol. The molecule has 0 bridgehead atoms. The summed E-state index contributed by atoms with van der Waals surface area (Å²) in [7, 11) is 1.67. The quantitative estimate of drug-likeness (QED) is 0.633. The van der Waals surface area contributed by atoms with Gasteiger partial charge in [0, 0.05) is 33.3 Å². The molecule has 0 aromatic rings. The number of hydrogen-bond acceptors (Lipinski definition) is 4. The molecule has 1 heterocycles. The number of nitrogens with one attached hydrogen (secondary N) is 1. The second kappa shape index (κ2) is 6.05. The van der Waals surface area contributed by atoms with Gasteiger partial charge in [-0.05, 0) is 5.92 Å². The molecule has 0 aromatic carbocycles. The van der Waals surface area contributed by atoms with Crippen molar-refractivity contribution in [2.24, 2.45) is 11.7 Å². The van der Waals surface area contributed by atoms with Crippen LogP contribution < -0.4 is 11.1 Å². The number of carbonyl (C=O) groups is 1. The van der Waals surface area contributed by atoms with E-state index in [1.54, 1.807) is 7.11 Å². The van der Waals surface area contributed by atoms with Crippen LogP contribution in [-0.2, 0) is 9.53 Å². The smallest absolute Gasteiger partial charge is 0.238 e. The van der Waals surface area contributed by atoms with E-state index >= 15 is 0 Å². The summed E-state index contributed by atoms with van der Waals surface area (Å²) in [5, 5.41) is 2.90. The summed E-state index contributed by atoms with van der Waals surface area (Å²) in [4.78, 5) is 13.8. The lowest BCUT2D eigenvalue weighted by Crippen LogP contribution is -2.49. The van der Waals surface area contributed by atoms with E-state index in [0.29, 0.717) is 19.1 Å². The van der Waals surface area contributed by atoms with Crippen LogP contribution in [0.4, 0.5) is 0 Å². The predicted octanol–water partition coefficient (Wildman–Crippen LogP) is -0.972. The first-order valence-corrected chi connectivity index (χ1v) is 5.39. The standard InChI is InChI=1S/C10H21N3O2/c1-8-6-12-10(14)9(5-11)13(7-8)3-4-15-2/h8-9H,3-7,11H2,1-2H3,(H,12,14). The molecule has 3 N–H and O–H groups in total. The van der Waals surface area contributed by atoms with Crippen molar-refractivity contribution in [2.75, 3.05) is 39.9 Å². The summed E-state index contributed by atoms with van der Waals surface area (Å²) in [5.41, 5.74) is 5.63. The molecule has 0 radical (unpaired) electrons. The van der Waals surface area contributed by atoms with Crippen molar-refractivity contribution in [3.8, 4) is 0 Å². The van der Waals surface area contributed by atoms with Gasteiger partial charge in [-0.15, -0.1) is 0 Å². The maximum Gasteiger partial charge on any atom is 0.238 e. The third kappa shape index (κ3) is 3.44. The highest BCUT2D eigenvalue weighted by molar-refractivity contribution is 5.82. The Bertz CT molecular complexity index is 211. The van der Waals surface area contributed by atoms with Crippen LogP contribution in [0.2, 0.25) is 0 Å². The van der Waals surface area contributed by atoms with Crippen molar-refractivity contribution >= 4 is 5.91 Å². The Morgan fingerprint density at radius 2 is 2.40 bits per heavy atom. The fourth-order valence-electron chi connectivity index (χ4n) is 1.86. The maximum atomic E-state index is 11.7. The van der Waals surface area contributed by atoms with Crippen LogP contribution in [0.1, 0.15) is 6.92 Å². The minimum Gasteiger partial charge on any atom is -0.383 e. The minimum atomic E-state index is -0.204. The van der Waals surface area contributed by atoms with Crippen LogP contribution in [-0.4, -0.2) is 56.7 Å². The first-order valence-electron chi connectivity index (χ1n) is 5.39. The van der Waals surface area contributed by atoms with Crippen molar-refractivity contribution < 1.29 is 9.53 Å². The monoisotopic (exact) mass is 215 g/mol. The van der Waals surface area contributed by atoms with Crippen molar-refractivity contribution in [3.63, 3.8) is 0 Å². The van der Waals surface area contributed by atoms with Crippen LogP contribution in [0.15, 0.2) is 0 Å². The van der Waals surface area contributed by atoms with Crippen molar-refractivity contribution in [1.82, 2.24) is 10.2 Å². The maximum absolute atomic E-state index is 11.7. The normalized spacial score (nSPS) is 28.6.